The Morgan fingerprint density at radius 1 is 1.25 bits per heavy atom. The van der Waals surface area contributed by atoms with Gasteiger partial charge in [0, 0.05) is 20.1 Å². The molecule has 1 aliphatic heterocycles. The number of likely N-dealkylation sites (tertiary alicyclic amines) is 1. The van der Waals surface area contributed by atoms with E-state index in [4.69, 9.17) is 0 Å². The van der Waals surface area contributed by atoms with Crippen LogP contribution in [0, 0.1) is 0 Å². The van der Waals surface area contributed by atoms with Crippen molar-refractivity contribution in [2.45, 2.75) is 25.8 Å². The second kappa shape index (κ2) is 6.31. The molecular formula is C13H19N5O2. The first-order valence-electron chi connectivity index (χ1n) is 6.73. The summed E-state index contributed by atoms with van der Waals surface area (Å²) in [5, 5.41) is 13.2. The van der Waals surface area contributed by atoms with Crippen LogP contribution in [0.3, 0.4) is 0 Å². The second-order valence-corrected chi connectivity index (χ2v) is 4.78. The van der Waals surface area contributed by atoms with Crippen molar-refractivity contribution in [3.05, 3.63) is 17.8 Å². The third-order valence-corrected chi connectivity index (χ3v) is 3.28. The van der Waals surface area contributed by atoms with Crippen molar-refractivity contribution in [3.8, 4) is 0 Å². The maximum absolute atomic E-state index is 12.1. The van der Waals surface area contributed by atoms with E-state index < -0.39 is 0 Å². The number of amides is 2. The van der Waals surface area contributed by atoms with E-state index >= 15 is 0 Å². The summed E-state index contributed by atoms with van der Waals surface area (Å²) in [4.78, 5) is 25.3. The van der Waals surface area contributed by atoms with Gasteiger partial charge in [-0.25, -0.2) is 0 Å². The van der Waals surface area contributed by atoms with Crippen LogP contribution in [-0.2, 0) is 4.79 Å². The zero-order valence-electron chi connectivity index (χ0n) is 11.7. The summed E-state index contributed by atoms with van der Waals surface area (Å²) in [6, 6.07) is 2.86. The van der Waals surface area contributed by atoms with E-state index in [0.29, 0.717) is 5.82 Å². The molecule has 7 nitrogen and oxygen atoms in total. The summed E-state index contributed by atoms with van der Waals surface area (Å²) in [6.07, 6.45) is 2.14. The van der Waals surface area contributed by atoms with Gasteiger partial charge in [0.05, 0.1) is 0 Å². The Morgan fingerprint density at radius 2 is 1.95 bits per heavy atom. The monoisotopic (exact) mass is 277 g/mol. The number of carbonyl (C=O) groups excluding carboxylic acids is 2. The van der Waals surface area contributed by atoms with Crippen molar-refractivity contribution >= 4 is 17.6 Å². The predicted octanol–water partition coefficient (Wildman–Crippen LogP) is 0.259. The fraction of sp³-hybridized carbons (Fsp3) is 0.538. The summed E-state index contributed by atoms with van der Waals surface area (Å²) in [7, 11) is 1.53. The third kappa shape index (κ3) is 3.23. The largest absolute Gasteiger partial charge is 0.357 e. The van der Waals surface area contributed by atoms with Gasteiger partial charge in [0.2, 0.25) is 5.91 Å². The zero-order chi connectivity index (χ0) is 14.5. The highest BCUT2D eigenvalue weighted by atomic mass is 16.2. The first kappa shape index (κ1) is 14.2. The number of hydrogen-bond donors (Lipinski definition) is 2. The number of aromatic nitrogens is 2. The highest BCUT2D eigenvalue weighted by Gasteiger charge is 2.23. The maximum Gasteiger partial charge on any atom is 0.271 e. The molecule has 0 saturated carbocycles. The Labute approximate surface area is 117 Å². The van der Waals surface area contributed by atoms with Crippen LogP contribution in [0.2, 0.25) is 0 Å². The Hall–Kier alpha value is -2.18. The molecule has 1 aromatic heterocycles. The molecule has 1 fully saturated rings. The SMILES string of the molecule is CNC(=O)c1ccc(NC(C)C(=O)N2CCCC2)nn1. The van der Waals surface area contributed by atoms with E-state index in [1.165, 1.54) is 7.05 Å². The molecule has 1 atom stereocenters. The number of anilines is 1. The van der Waals surface area contributed by atoms with E-state index in [2.05, 4.69) is 20.8 Å². The van der Waals surface area contributed by atoms with Crippen LogP contribution in [0.25, 0.3) is 0 Å². The summed E-state index contributed by atoms with van der Waals surface area (Å²) in [5.74, 6) is 0.266. The molecule has 2 amide bonds. The van der Waals surface area contributed by atoms with Crippen molar-refractivity contribution in [3.63, 3.8) is 0 Å². The Bertz CT molecular complexity index is 482. The van der Waals surface area contributed by atoms with Gasteiger partial charge >= 0.3 is 0 Å². The molecule has 0 aliphatic carbocycles. The first-order chi connectivity index (χ1) is 9.61. The molecule has 2 heterocycles. The lowest BCUT2D eigenvalue weighted by molar-refractivity contribution is -0.130. The molecule has 2 rings (SSSR count). The van der Waals surface area contributed by atoms with Gasteiger partial charge in [-0.05, 0) is 31.9 Å². The van der Waals surface area contributed by atoms with Crippen LogP contribution in [0.5, 0.6) is 0 Å². The summed E-state index contributed by atoms with van der Waals surface area (Å²) in [5.41, 5.74) is 0.247. The highest BCUT2D eigenvalue weighted by Crippen LogP contribution is 2.11. The molecule has 0 aromatic carbocycles. The Morgan fingerprint density at radius 3 is 2.50 bits per heavy atom. The molecule has 1 unspecified atom stereocenters. The van der Waals surface area contributed by atoms with E-state index in [1.807, 2.05) is 4.90 Å². The van der Waals surface area contributed by atoms with Crippen LogP contribution in [-0.4, -0.2) is 53.1 Å². The number of rotatable bonds is 4. The molecule has 0 spiro atoms. The molecule has 1 aliphatic rings. The number of nitrogens with one attached hydrogen (secondary N) is 2. The van der Waals surface area contributed by atoms with Gasteiger partial charge in [0.15, 0.2) is 5.69 Å². The van der Waals surface area contributed by atoms with Crippen LogP contribution in [0.4, 0.5) is 5.82 Å². The zero-order valence-corrected chi connectivity index (χ0v) is 11.7. The van der Waals surface area contributed by atoms with Gasteiger partial charge in [-0.3, -0.25) is 9.59 Å². The topological polar surface area (TPSA) is 87.2 Å². The molecule has 1 aromatic rings. The lowest BCUT2D eigenvalue weighted by Gasteiger charge is -2.21. The van der Waals surface area contributed by atoms with Gasteiger partial charge in [0.1, 0.15) is 11.9 Å². The molecule has 1 saturated heterocycles. The van der Waals surface area contributed by atoms with E-state index in [-0.39, 0.29) is 23.6 Å². The van der Waals surface area contributed by atoms with Crippen LogP contribution in [0.15, 0.2) is 12.1 Å². The van der Waals surface area contributed by atoms with E-state index in [1.54, 1.807) is 19.1 Å². The average molecular weight is 277 g/mol. The molecule has 2 N–H and O–H groups in total. The van der Waals surface area contributed by atoms with E-state index in [0.717, 1.165) is 25.9 Å². The fourth-order valence-corrected chi connectivity index (χ4v) is 2.15. The van der Waals surface area contributed by atoms with Crippen LogP contribution >= 0.6 is 0 Å². The summed E-state index contributed by atoms with van der Waals surface area (Å²) < 4.78 is 0. The standard InChI is InChI=1S/C13H19N5O2/c1-9(13(20)18-7-3-4-8-18)15-11-6-5-10(16-17-11)12(19)14-2/h5-6,9H,3-4,7-8H2,1-2H3,(H,14,19)(H,15,17). The lowest BCUT2D eigenvalue weighted by atomic mass is 10.3. The van der Waals surface area contributed by atoms with Crippen molar-refractivity contribution < 1.29 is 9.59 Å². The van der Waals surface area contributed by atoms with E-state index in [9.17, 15) is 9.59 Å². The van der Waals surface area contributed by atoms with Gasteiger partial charge in [-0.15, -0.1) is 10.2 Å². The minimum absolute atomic E-state index is 0.0691. The molecular weight excluding hydrogens is 258 g/mol. The highest BCUT2D eigenvalue weighted by molar-refractivity contribution is 5.92. The minimum atomic E-state index is -0.353. The fourth-order valence-electron chi connectivity index (χ4n) is 2.15. The first-order valence-corrected chi connectivity index (χ1v) is 6.73. The van der Waals surface area contributed by atoms with Gasteiger partial charge in [-0.1, -0.05) is 0 Å². The van der Waals surface area contributed by atoms with Crippen molar-refractivity contribution in [1.29, 1.82) is 0 Å². The maximum atomic E-state index is 12.1. The normalized spacial score (nSPS) is 15.8. The minimum Gasteiger partial charge on any atom is -0.357 e. The lowest BCUT2D eigenvalue weighted by Crippen LogP contribution is -2.39. The summed E-state index contributed by atoms with van der Waals surface area (Å²) in [6.45, 7) is 3.45. The van der Waals surface area contributed by atoms with Crippen molar-refractivity contribution in [2.75, 3.05) is 25.5 Å². The van der Waals surface area contributed by atoms with Gasteiger partial charge < -0.3 is 15.5 Å². The predicted molar refractivity (Wildman–Crippen MR) is 74.3 cm³/mol. The molecule has 108 valence electrons. The molecule has 0 bridgehead atoms. The number of carbonyl (C=O) groups is 2. The van der Waals surface area contributed by atoms with Crippen molar-refractivity contribution in [2.24, 2.45) is 0 Å². The number of nitrogens with zero attached hydrogens (tertiary/aromatic N) is 3. The Kier molecular flexibility index (Phi) is 4.49. The number of hydrogen-bond acceptors (Lipinski definition) is 5. The summed E-state index contributed by atoms with van der Waals surface area (Å²) >= 11 is 0. The smallest absolute Gasteiger partial charge is 0.271 e. The van der Waals surface area contributed by atoms with Gasteiger partial charge in [0.25, 0.3) is 5.91 Å². The average Bonchev–Trinajstić information content (AvgIpc) is 3.00. The van der Waals surface area contributed by atoms with Crippen LogP contribution in [0.1, 0.15) is 30.3 Å². The molecule has 0 radical (unpaired) electrons. The Balaban J connectivity index is 1.95. The van der Waals surface area contributed by atoms with Crippen LogP contribution < -0.4 is 10.6 Å². The molecule has 20 heavy (non-hydrogen) atoms. The van der Waals surface area contributed by atoms with Gasteiger partial charge in [-0.2, -0.15) is 0 Å². The quantitative estimate of drug-likeness (QED) is 0.824. The third-order valence-electron chi connectivity index (χ3n) is 3.28. The molecule has 7 heteroatoms. The van der Waals surface area contributed by atoms with Crippen molar-refractivity contribution in [1.82, 2.24) is 20.4 Å². The second-order valence-electron chi connectivity index (χ2n) is 4.78.